The molecule has 0 aliphatic heterocycles. The van der Waals surface area contributed by atoms with Crippen molar-refractivity contribution in [3.05, 3.63) is 70.8 Å². The first-order valence-electron chi connectivity index (χ1n) is 8.50. The molecule has 2 aromatic carbocycles. The Balaban J connectivity index is -0.000000199. The number of benzene rings is 2. The number of hydrogen-bond donors (Lipinski definition) is 2. The van der Waals surface area contributed by atoms with Gasteiger partial charge in [0, 0.05) is 0 Å². The van der Waals surface area contributed by atoms with E-state index in [1.54, 1.807) is 24.3 Å². The van der Waals surface area contributed by atoms with E-state index in [0.29, 0.717) is 11.1 Å². The fourth-order valence-electron chi connectivity index (χ4n) is 2.23. The quantitative estimate of drug-likeness (QED) is 0.659. The first-order valence-corrected chi connectivity index (χ1v) is 8.50. The monoisotopic (exact) mass is 434 g/mol. The summed E-state index contributed by atoms with van der Waals surface area (Å²) in [4.78, 5) is 21.1. The van der Waals surface area contributed by atoms with Gasteiger partial charge in [0.25, 0.3) is 0 Å². The Labute approximate surface area is 188 Å². The fraction of sp³-hybridized carbons (Fsp3) is 0.364. The van der Waals surface area contributed by atoms with Gasteiger partial charge in [-0.2, -0.15) is 0 Å². The molecular weight excluding hydrogens is 403 g/mol. The van der Waals surface area contributed by atoms with Crippen molar-refractivity contribution < 1.29 is 36.2 Å². The largest absolute Gasteiger partial charge is 3.00 e. The van der Waals surface area contributed by atoms with Crippen molar-refractivity contribution in [1.82, 2.24) is 0 Å². The van der Waals surface area contributed by atoms with Crippen molar-refractivity contribution in [1.29, 1.82) is 0 Å². The summed E-state index contributed by atoms with van der Waals surface area (Å²) in [6.45, 7) is 12.6. The van der Waals surface area contributed by atoms with Crippen molar-refractivity contribution in [2.24, 2.45) is 0 Å². The summed E-state index contributed by atoms with van der Waals surface area (Å²) in [5.74, 6) is -1.75. The van der Waals surface area contributed by atoms with Gasteiger partial charge in [0.1, 0.15) is 0 Å². The second kappa shape index (κ2) is 13.9. The molecule has 0 saturated heterocycles. The molecule has 8 heteroatoms. The zero-order chi connectivity index (χ0) is 20.1. The molecule has 0 spiro atoms. The van der Waals surface area contributed by atoms with Gasteiger partial charge in [-0.3, -0.25) is 0 Å². The molecule has 0 amide bonds. The average Bonchev–Trinajstić information content (AvgIpc) is 2.54. The molecule has 0 aliphatic rings. The Kier molecular flexibility index (Phi) is 16.3. The number of carbonyl (C=O) groups is 2. The molecule has 0 aliphatic carbocycles. The van der Waals surface area contributed by atoms with Crippen LogP contribution < -0.4 is 0 Å². The standard InChI is InChI=1S/2C11H14O2.Al.3H2O/c2*1-11(2,3)9-6-4-8(5-7-9)10(12)13;;;;/h2*4-7H,1-3H3,(H,12,13);;3*1H2/q;;+3;;;/p-3. The van der Waals surface area contributed by atoms with E-state index >= 15 is 0 Å². The van der Waals surface area contributed by atoms with Gasteiger partial charge in [0.2, 0.25) is 0 Å². The molecule has 0 fully saturated rings. The van der Waals surface area contributed by atoms with Crippen molar-refractivity contribution in [2.75, 3.05) is 0 Å². The summed E-state index contributed by atoms with van der Waals surface area (Å²) in [6, 6.07) is 14.0. The van der Waals surface area contributed by atoms with Crippen molar-refractivity contribution in [3.63, 3.8) is 0 Å². The van der Waals surface area contributed by atoms with Crippen molar-refractivity contribution >= 4 is 29.3 Å². The van der Waals surface area contributed by atoms with Gasteiger partial charge in [-0.05, 0) is 46.2 Å². The van der Waals surface area contributed by atoms with E-state index in [1.807, 2.05) is 24.3 Å². The molecule has 5 N–H and O–H groups in total. The summed E-state index contributed by atoms with van der Waals surface area (Å²) in [5.41, 5.74) is 3.14. The Bertz CT molecular complexity index is 689. The molecule has 0 heterocycles. The van der Waals surface area contributed by atoms with Crippen LogP contribution in [0.25, 0.3) is 0 Å². The third-order valence-corrected chi connectivity index (χ3v) is 4.00. The third-order valence-electron chi connectivity index (χ3n) is 4.00. The third kappa shape index (κ3) is 11.1. The Morgan fingerprint density at radius 1 is 0.567 bits per heavy atom. The molecule has 0 unspecified atom stereocenters. The number of carboxylic acid groups (broad SMARTS) is 2. The van der Waals surface area contributed by atoms with Gasteiger partial charge in [0.05, 0.1) is 11.1 Å². The number of carboxylic acids is 2. The predicted octanol–water partition coefficient (Wildman–Crippen LogP) is 4.45. The fourth-order valence-corrected chi connectivity index (χ4v) is 2.23. The molecule has 7 nitrogen and oxygen atoms in total. The van der Waals surface area contributed by atoms with Crippen LogP contribution in [0.3, 0.4) is 0 Å². The normalized spacial score (nSPS) is 9.80. The van der Waals surface area contributed by atoms with E-state index in [9.17, 15) is 9.59 Å². The topological polar surface area (TPSA) is 165 Å². The van der Waals surface area contributed by atoms with Crippen LogP contribution in [0.1, 0.15) is 73.4 Å². The molecule has 0 atom stereocenters. The molecule has 2 aromatic rings. The van der Waals surface area contributed by atoms with Crippen LogP contribution >= 0.6 is 0 Å². The molecular formula is C22H31AlO7. The molecule has 0 saturated carbocycles. The van der Waals surface area contributed by atoms with E-state index in [1.165, 1.54) is 0 Å². The van der Waals surface area contributed by atoms with Gasteiger partial charge in [-0.15, -0.1) is 0 Å². The number of rotatable bonds is 2. The summed E-state index contributed by atoms with van der Waals surface area (Å²) >= 11 is 0. The van der Waals surface area contributed by atoms with Crippen LogP contribution in [-0.2, 0) is 10.8 Å². The van der Waals surface area contributed by atoms with E-state index in [4.69, 9.17) is 10.2 Å². The van der Waals surface area contributed by atoms with Gasteiger partial charge in [0.15, 0.2) is 0 Å². The molecule has 164 valence electrons. The predicted molar refractivity (Wildman–Crippen MR) is 116 cm³/mol. The van der Waals surface area contributed by atoms with E-state index in [-0.39, 0.29) is 44.6 Å². The summed E-state index contributed by atoms with van der Waals surface area (Å²) < 4.78 is 0. The second-order valence-electron chi connectivity index (χ2n) is 8.27. The SMILES string of the molecule is CC(C)(C)c1ccc(C(=O)O)cc1.CC(C)(C)c1ccc(C(=O)O)cc1.[Al+3].[OH-].[OH-].[OH-]. The zero-order valence-electron chi connectivity index (χ0n) is 18.2. The van der Waals surface area contributed by atoms with Crippen molar-refractivity contribution in [3.8, 4) is 0 Å². The van der Waals surface area contributed by atoms with Crippen LogP contribution in [0.5, 0.6) is 0 Å². The van der Waals surface area contributed by atoms with Gasteiger partial charge >= 0.3 is 29.3 Å². The molecule has 0 bridgehead atoms. The average molecular weight is 434 g/mol. The van der Waals surface area contributed by atoms with E-state index < -0.39 is 11.9 Å². The first kappa shape index (κ1) is 35.2. The van der Waals surface area contributed by atoms with Crippen molar-refractivity contribution in [2.45, 2.75) is 52.4 Å². The van der Waals surface area contributed by atoms with Crippen LogP contribution in [0.2, 0.25) is 0 Å². The Morgan fingerprint density at radius 3 is 0.900 bits per heavy atom. The van der Waals surface area contributed by atoms with E-state index in [2.05, 4.69) is 41.5 Å². The second-order valence-corrected chi connectivity index (χ2v) is 8.27. The first-order chi connectivity index (χ1) is 11.8. The number of aromatic carboxylic acids is 2. The van der Waals surface area contributed by atoms with Crippen LogP contribution in [0.15, 0.2) is 48.5 Å². The van der Waals surface area contributed by atoms with Gasteiger partial charge in [-0.1, -0.05) is 65.8 Å². The molecule has 30 heavy (non-hydrogen) atoms. The minimum absolute atomic E-state index is 0. The summed E-state index contributed by atoms with van der Waals surface area (Å²) in [7, 11) is 0. The van der Waals surface area contributed by atoms with Crippen LogP contribution in [0.4, 0.5) is 0 Å². The molecule has 2 rings (SSSR count). The maximum absolute atomic E-state index is 10.6. The van der Waals surface area contributed by atoms with Gasteiger partial charge < -0.3 is 26.6 Å². The maximum Gasteiger partial charge on any atom is 3.00 e. The molecule has 0 radical (unpaired) electrons. The van der Waals surface area contributed by atoms with Crippen LogP contribution in [-0.4, -0.2) is 55.9 Å². The van der Waals surface area contributed by atoms with E-state index in [0.717, 1.165) is 11.1 Å². The minimum atomic E-state index is -0.875. The summed E-state index contributed by atoms with van der Waals surface area (Å²) in [6.07, 6.45) is 0. The summed E-state index contributed by atoms with van der Waals surface area (Å²) in [5, 5.41) is 17.4. The van der Waals surface area contributed by atoms with Gasteiger partial charge in [-0.25, -0.2) is 9.59 Å². The maximum atomic E-state index is 10.6. The smallest absolute Gasteiger partial charge is 0.870 e. The Morgan fingerprint density at radius 2 is 0.767 bits per heavy atom. The number of hydrogen-bond acceptors (Lipinski definition) is 5. The Hall–Kier alpha value is -2.21. The van der Waals surface area contributed by atoms with Crippen LogP contribution in [0, 0.1) is 0 Å². The zero-order valence-corrected chi connectivity index (χ0v) is 19.4. The minimum Gasteiger partial charge on any atom is -0.870 e. The molecule has 0 aromatic heterocycles.